The van der Waals surface area contributed by atoms with Crippen LogP contribution in [-0.4, -0.2) is 68.9 Å². The molecule has 3 heterocycles. The molecular formula is C24H30Cl2N4O5. The van der Waals surface area contributed by atoms with E-state index in [-0.39, 0.29) is 24.8 Å². The molecule has 1 aliphatic heterocycles. The fourth-order valence-electron chi connectivity index (χ4n) is 5.03. The molecular weight excluding hydrogens is 495 g/mol. The number of nitrogens with zero attached hydrogens (tertiary/aromatic N) is 3. The van der Waals surface area contributed by atoms with Crippen LogP contribution in [0.4, 0.5) is 4.79 Å². The predicted octanol–water partition coefficient (Wildman–Crippen LogP) is 3.38. The minimum atomic E-state index is -1.64. The van der Waals surface area contributed by atoms with Gasteiger partial charge in [0.05, 0.1) is 5.69 Å². The Labute approximate surface area is 215 Å². The van der Waals surface area contributed by atoms with Crippen molar-refractivity contribution in [3.8, 4) is 22.8 Å². The minimum absolute atomic E-state index is 0. The molecule has 2 aliphatic rings. The quantitative estimate of drug-likeness (QED) is 0.450. The van der Waals surface area contributed by atoms with Crippen molar-refractivity contribution < 1.29 is 19.7 Å². The third kappa shape index (κ3) is 4.99. The van der Waals surface area contributed by atoms with E-state index < -0.39 is 23.2 Å². The highest BCUT2D eigenvalue weighted by Crippen LogP contribution is 2.40. The van der Waals surface area contributed by atoms with E-state index in [1.165, 1.54) is 5.69 Å². The van der Waals surface area contributed by atoms with Crippen molar-refractivity contribution >= 4 is 41.9 Å². The van der Waals surface area contributed by atoms with Gasteiger partial charge in [-0.25, -0.2) is 4.79 Å². The number of carbonyl (C=O) groups is 1. The van der Waals surface area contributed by atoms with Gasteiger partial charge in [0.2, 0.25) is 5.75 Å². The smallest absolute Gasteiger partial charge is 0.504 e. The molecule has 1 fully saturated rings. The van der Waals surface area contributed by atoms with Crippen LogP contribution in [0.5, 0.6) is 11.5 Å². The zero-order chi connectivity index (χ0) is 23.3. The zero-order valence-corrected chi connectivity index (χ0v) is 21.3. The number of aromatic hydroxyl groups is 1. The molecule has 0 bridgehead atoms. The first-order chi connectivity index (χ1) is 15.8. The molecule has 0 radical (unpaired) electrons. The van der Waals surface area contributed by atoms with Gasteiger partial charge in [0.25, 0.3) is 5.56 Å². The lowest BCUT2D eigenvalue weighted by Crippen LogP contribution is -2.44. The Morgan fingerprint density at radius 3 is 2.49 bits per heavy atom. The van der Waals surface area contributed by atoms with E-state index in [9.17, 15) is 14.7 Å². The topological polar surface area (TPSA) is 111 Å². The van der Waals surface area contributed by atoms with E-state index in [1.807, 2.05) is 0 Å². The van der Waals surface area contributed by atoms with Crippen LogP contribution < -0.4 is 10.3 Å². The minimum Gasteiger partial charge on any atom is -0.504 e. The van der Waals surface area contributed by atoms with Crippen molar-refractivity contribution in [3.63, 3.8) is 0 Å². The van der Waals surface area contributed by atoms with E-state index in [1.54, 1.807) is 0 Å². The van der Waals surface area contributed by atoms with E-state index in [0.29, 0.717) is 17.7 Å². The van der Waals surface area contributed by atoms with Crippen LogP contribution in [0.15, 0.2) is 23.0 Å². The SMILES string of the molecule is CN1CCN(Cc2cc3cc4c(cc3n2C)CCCc2c-4[nH]c(=O)c(OC(=O)O)c2O)CC1.Cl.Cl. The number of carboxylic acid groups (broad SMARTS) is 1. The highest BCUT2D eigenvalue weighted by atomic mass is 35.5. The number of ether oxygens (including phenoxy) is 1. The van der Waals surface area contributed by atoms with Crippen molar-refractivity contribution in [3.05, 3.63) is 45.4 Å². The second-order valence-electron chi connectivity index (χ2n) is 9.05. The average Bonchev–Trinajstić information content (AvgIpc) is 2.96. The normalized spacial score (nSPS) is 15.9. The number of rotatable bonds is 3. The number of pyridine rings is 1. The number of H-pyrrole nitrogens is 1. The van der Waals surface area contributed by atoms with Crippen molar-refractivity contribution in [1.29, 1.82) is 0 Å². The molecule has 1 saturated heterocycles. The molecule has 5 rings (SSSR count). The summed E-state index contributed by atoms with van der Waals surface area (Å²) in [5.74, 6) is -0.965. The van der Waals surface area contributed by atoms with Crippen molar-refractivity contribution in [2.24, 2.45) is 7.05 Å². The molecule has 0 unspecified atom stereocenters. The Hall–Kier alpha value is -2.72. The maximum absolute atomic E-state index is 12.5. The highest BCUT2D eigenvalue weighted by molar-refractivity contribution is 5.89. The number of halogens is 2. The van der Waals surface area contributed by atoms with E-state index in [2.05, 4.69) is 56.4 Å². The second kappa shape index (κ2) is 10.5. The van der Waals surface area contributed by atoms with Gasteiger partial charge in [-0.05, 0) is 50.1 Å². The van der Waals surface area contributed by atoms with E-state index in [0.717, 1.165) is 67.6 Å². The van der Waals surface area contributed by atoms with Crippen molar-refractivity contribution in [2.75, 3.05) is 33.2 Å². The number of aromatic amines is 1. The molecule has 1 aliphatic carbocycles. The van der Waals surface area contributed by atoms with Crippen LogP contribution in [0.1, 0.15) is 23.2 Å². The van der Waals surface area contributed by atoms with E-state index >= 15 is 0 Å². The molecule has 9 nitrogen and oxygen atoms in total. The number of benzene rings is 1. The number of likely N-dealkylation sites (N-methyl/N-ethyl adjacent to an activating group) is 1. The standard InChI is InChI=1S/C24H28N4O5.2ClH/c1-26-6-8-28(9-7-26)13-16-10-15-11-18-14(12-19(15)27(16)2)4-3-5-17-20(18)25-23(30)22(21(17)29)33-24(31)32;;/h10-12H,3-9,13H2,1-2H3,(H,31,32)(H2,25,29,30);2*1H. The molecule has 11 heteroatoms. The first kappa shape index (κ1) is 26.9. The molecule has 1 aromatic carbocycles. The number of aromatic nitrogens is 2. The highest BCUT2D eigenvalue weighted by Gasteiger charge is 2.25. The summed E-state index contributed by atoms with van der Waals surface area (Å²) in [6.07, 6.45) is 0.419. The van der Waals surface area contributed by atoms with Gasteiger partial charge in [-0.2, -0.15) is 0 Å². The fourth-order valence-corrected chi connectivity index (χ4v) is 5.03. The summed E-state index contributed by atoms with van der Waals surface area (Å²) in [7, 11) is 4.24. The van der Waals surface area contributed by atoms with Crippen LogP contribution in [0.3, 0.4) is 0 Å². The fraction of sp³-hybridized carbons (Fsp3) is 0.417. The molecule has 0 saturated carbocycles. The summed E-state index contributed by atoms with van der Waals surface area (Å²) in [5, 5.41) is 20.6. The summed E-state index contributed by atoms with van der Waals surface area (Å²) in [6.45, 7) is 5.11. The van der Waals surface area contributed by atoms with Crippen molar-refractivity contribution in [2.45, 2.75) is 25.8 Å². The third-order valence-electron chi connectivity index (χ3n) is 6.93. The van der Waals surface area contributed by atoms with Crippen molar-refractivity contribution in [1.82, 2.24) is 19.4 Å². The number of aryl methyl sites for hydroxylation is 2. The third-order valence-corrected chi connectivity index (χ3v) is 6.93. The molecule has 3 aromatic rings. The van der Waals surface area contributed by atoms with Gasteiger partial charge in [0.15, 0.2) is 5.75 Å². The lowest BCUT2D eigenvalue weighted by Gasteiger charge is -2.32. The Kier molecular flexibility index (Phi) is 8.06. The first-order valence-electron chi connectivity index (χ1n) is 11.2. The second-order valence-corrected chi connectivity index (χ2v) is 9.05. The van der Waals surface area contributed by atoms with Gasteiger partial charge in [0, 0.05) is 67.5 Å². The monoisotopic (exact) mass is 524 g/mol. The number of piperazine rings is 1. The zero-order valence-electron chi connectivity index (χ0n) is 19.7. The number of fused-ring (bicyclic) bond motifs is 4. The summed E-state index contributed by atoms with van der Waals surface area (Å²) in [5.41, 5.74) is 4.61. The van der Waals surface area contributed by atoms with Gasteiger partial charge in [-0.3, -0.25) is 9.69 Å². The number of hydrogen-bond acceptors (Lipinski definition) is 6. The summed E-state index contributed by atoms with van der Waals surface area (Å²) in [6, 6.07) is 6.43. The van der Waals surface area contributed by atoms with Gasteiger partial charge in [-0.15, -0.1) is 24.8 Å². The molecule has 0 amide bonds. The largest absolute Gasteiger partial charge is 0.511 e. The van der Waals surface area contributed by atoms with E-state index in [4.69, 9.17) is 5.11 Å². The maximum atomic E-state index is 12.5. The number of nitrogens with one attached hydrogen (secondary N) is 1. The van der Waals surface area contributed by atoms with Crippen LogP contribution in [0, 0.1) is 0 Å². The van der Waals surface area contributed by atoms with Crippen LogP contribution >= 0.6 is 24.8 Å². The van der Waals surface area contributed by atoms with Gasteiger partial charge >= 0.3 is 6.16 Å². The molecule has 0 atom stereocenters. The summed E-state index contributed by atoms with van der Waals surface area (Å²) >= 11 is 0. The van der Waals surface area contributed by atoms with Gasteiger partial charge < -0.3 is 29.4 Å². The number of hydrogen-bond donors (Lipinski definition) is 3. The Balaban J connectivity index is 0.00000171. The van der Waals surface area contributed by atoms with Gasteiger partial charge in [0.1, 0.15) is 0 Å². The molecule has 35 heavy (non-hydrogen) atoms. The van der Waals surface area contributed by atoms with Crippen LogP contribution in [0.2, 0.25) is 0 Å². The van der Waals surface area contributed by atoms with Crippen LogP contribution in [-0.2, 0) is 26.4 Å². The first-order valence-corrected chi connectivity index (χ1v) is 11.2. The Bertz CT molecular complexity index is 1310. The Morgan fingerprint density at radius 1 is 1.09 bits per heavy atom. The molecule has 2 aromatic heterocycles. The lowest BCUT2D eigenvalue weighted by molar-refractivity contribution is 0.142. The Morgan fingerprint density at radius 2 is 1.80 bits per heavy atom. The lowest BCUT2D eigenvalue weighted by atomic mass is 9.99. The maximum Gasteiger partial charge on any atom is 0.511 e. The average molecular weight is 525 g/mol. The molecule has 3 N–H and O–H groups in total. The van der Waals surface area contributed by atoms with Gasteiger partial charge in [-0.1, -0.05) is 0 Å². The molecule has 0 spiro atoms. The summed E-state index contributed by atoms with van der Waals surface area (Å²) < 4.78 is 6.79. The molecule has 190 valence electrons. The van der Waals surface area contributed by atoms with Crippen LogP contribution in [0.25, 0.3) is 22.2 Å². The summed E-state index contributed by atoms with van der Waals surface area (Å²) in [4.78, 5) is 31.1. The predicted molar refractivity (Wildman–Crippen MR) is 139 cm³/mol.